The predicted octanol–water partition coefficient (Wildman–Crippen LogP) is 1.27. The van der Waals surface area contributed by atoms with E-state index in [-0.39, 0.29) is 0 Å². The average molecular weight is 259 g/mol. The summed E-state index contributed by atoms with van der Waals surface area (Å²) in [5.41, 5.74) is 0. The van der Waals surface area contributed by atoms with Gasteiger partial charge in [-0.25, -0.2) is 0 Å². The quantitative estimate of drug-likeness (QED) is 0.571. The number of methoxy groups -OCH3 is 1. The van der Waals surface area contributed by atoms with Crippen molar-refractivity contribution in [2.45, 2.75) is 33.2 Å². The van der Waals surface area contributed by atoms with Crippen molar-refractivity contribution in [3.8, 4) is 0 Å². The van der Waals surface area contributed by atoms with Crippen LogP contribution in [0.4, 0.5) is 0 Å². The monoisotopic (exact) mass is 259 g/mol. The van der Waals surface area contributed by atoms with Crippen LogP contribution in [0.1, 0.15) is 27.2 Å². The first-order chi connectivity index (χ1) is 8.73. The summed E-state index contributed by atoms with van der Waals surface area (Å²) in [6.07, 6.45) is 1.24. The van der Waals surface area contributed by atoms with E-state index in [1.54, 1.807) is 7.11 Å². The second kappa shape index (κ2) is 11.9. The number of hydrogen-bond acceptors (Lipinski definition) is 4. The molecule has 0 aromatic rings. The highest BCUT2D eigenvalue weighted by atomic mass is 16.5. The molecule has 1 unspecified atom stereocenters. The lowest BCUT2D eigenvalue weighted by molar-refractivity contribution is 0.0903. The molecule has 0 bridgehead atoms. The van der Waals surface area contributed by atoms with Gasteiger partial charge in [-0.1, -0.05) is 20.8 Å². The normalized spacial score (nSPS) is 13.5. The molecule has 0 fully saturated rings. The van der Waals surface area contributed by atoms with Gasteiger partial charge in [-0.05, 0) is 46.2 Å². The molecule has 110 valence electrons. The van der Waals surface area contributed by atoms with Crippen LogP contribution >= 0.6 is 0 Å². The van der Waals surface area contributed by atoms with Crippen molar-refractivity contribution >= 4 is 0 Å². The van der Waals surface area contributed by atoms with E-state index in [2.05, 4.69) is 35.9 Å². The predicted molar refractivity (Wildman–Crippen MR) is 79.2 cm³/mol. The maximum Gasteiger partial charge on any atom is 0.0630 e. The highest BCUT2D eigenvalue weighted by Gasteiger charge is 2.15. The Morgan fingerprint density at radius 2 is 1.72 bits per heavy atom. The van der Waals surface area contributed by atoms with Crippen LogP contribution in [0.25, 0.3) is 0 Å². The minimum Gasteiger partial charge on any atom is -0.383 e. The summed E-state index contributed by atoms with van der Waals surface area (Å²) in [4.78, 5) is 5.00. The summed E-state index contributed by atoms with van der Waals surface area (Å²) >= 11 is 0. The Morgan fingerprint density at radius 1 is 1.06 bits per heavy atom. The summed E-state index contributed by atoms with van der Waals surface area (Å²) in [7, 11) is 3.79. The molecule has 1 atom stereocenters. The summed E-state index contributed by atoms with van der Waals surface area (Å²) in [5, 5.41) is 3.26. The van der Waals surface area contributed by atoms with Crippen molar-refractivity contribution in [2.75, 3.05) is 60.0 Å². The van der Waals surface area contributed by atoms with Crippen molar-refractivity contribution in [1.82, 2.24) is 15.1 Å². The Balaban J connectivity index is 4.05. The summed E-state index contributed by atoms with van der Waals surface area (Å²) in [6.45, 7) is 14.2. The molecule has 0 aliphatic rings. The summed E-state index contributed by atoms with van der Waals surface area (Å²) in [5.74, 6) is 0. The van der Waals surface area contributed by atoms with Gasteiger partial charge in [-0.3, -0.25) is 4.90 Å². The summed E-state index contributed by atoms with van der Waals surface area (Å²) < 4.78 is 5.32. The molecular weight excluding hydrogens is 226 g/mol. The smallest absolute Gasteiger partial charge is 0.0630 e. The van der Waals surface area contributed by atoms with Crippen molar-refractivity contribution in [1.29, 1.82) is 0 Å². The molecule has 0 aromatic heterocycles. The van der Waals surface area contributed by atoms with E-state index in [0.29, 0.717) is 6.04 Å². The van der Waals surface area contributed by atoms with Gasteiger partial charge in [0.15, 0.2) is 0 Å². The van der Waals surface area contributed by atoms with Gasteiger partial charge in [0.05, 0.1) is 6.61 Å². The molecule has 0 aromatic carbocycles. The Labute approximate surface area is 114 Å². The summed E-state index contributed by atoms with van der Waals surface area (Å²) in [6, 6.07) is 0.488. The standard InChI is InChI=1S/C14H33N3O/c1-6-16(7-2)10-9-11-17(8-3)14(12-15-4)13-18-5/h14-15H,6-13H2,1-5H3. The van der Waals surface area contributed by atoms with Crippen LogP contribution in [0.3, 0.4) is 0 Å². The number of hydrogen-bond donors (Lipinski definition) is 1. The fraction of sp³-hybridized carbons (Fsp3) is 1.00. The fourth-order valence-corrected chi connectivity index (χ4v) is 2.36. The molecule has 4 heteroatoms. The van der Waals surface area contributed by atoms with E-state index >= 15 is 0 Å². The van der Waals surface area contributed by atoms with Crippen LogP contribution in [-0.4, -0.2) is 75.9 Å². The van der Waals surface area contributed by atoms with Gasteiger partial charge >= 0.3 is 0 Å². The van der Waals surface area contributed by atoms with E-state index < -0.39 is 0 Å². The molecule has 0 radical (unpaired) electrons. The zero-order valence-corrected chi connectivity index (χ0v) is 13.0. The van der Waals surface area contributed by atoms with Crippen LogP contribution in [0.2, 0.25) is 0 Å². The van der Waals surface area contributed by atoms with Crippen LogP contribution in [-0.2, 0) is 4.74 Å². The molecule has 4 nitrogen and oxygen atoms in total. The molecule has 0 amide bonds. The maximum absolute atomic E-state index is 5.32. The van der Waals surface area contributed by atoms with Crippen LogP contribution in [0.5, 0.6) is 0 Å². The first-order valence-electron chi connectivity index (χ1n) is 7.33. The number of nitrogens with one attached hydrogen (secondary N) is 1. The minimum atomic E-state index is 0.488. The lowest BCUT2D eigenvalue weighted by Crippen LogP contribution is -2.45. The Morgan fingerprint density at radius 3 is 2.17 bits per heavy atom. The highest BCUT2D eigenvalue weighted by molar-refractivity contribution is 4.73. The van der Waals surface area contributed by atoms with Gasteiger partial charge in [0.1, 0.15) is 0 Å². The van der Waals surface area contributed by atoms with Crippen molar-refractivity contribution < 1.29 is 4.74 Å². The van der Waals surface area contributed by atoms with E-state index in [0.717, 1.165) is 39.3 Å². The van der Waals surface area contributed by atoms with Gasteiger partial charge in [0.2, 0.25) is 0 Å². The average Bonchev–Trinajstić information content (AvgIpc) is 2.39. The van der Waals surface area contributed by atoms with Crippen molar-refractivity contribution in [3.63, 3.8) is 0 Å². The van der Waals surface area contributed by atoms with Crippen LogP contribution in [0.15, 0.2) is 0 Å². The first-order valence-corrected chi connectivity index (χ1v) is 7.33. The second-order valence-electron chi connectivity index (χ2n) is 4.68. The number of nitrogens with zero attached hydrogens (tertiary/aromatic N) is 2. The zero-order valence-electron chi connectivity index (χ0n) is 13.0. The Bertz CT molecular complexity index is 168. The molecule has 1 N–H and O–H groups in total. The molecule has 0 aliphatic carbocycles. The van der Waals surface area contributed by atoms with Crippen molar-refractivity contribution in [2.24, 2.45) is 0 Å². The highest BCUT2D eigenvalue weighted by Crippen LogP contribution is 2.02. The Kier molecular flexibility index (Phi) is 11.8. The molecule has 0 saturated carbocycles. The minimum absolute atomic E-state index is 0.488. The first kappa shape index (κ1) is 17.8. The largest absolute Gasteiger partial charge is 0.383 e. The molecule has 18 heavy (non-hydrogen) atoms. The number of rotatable bonds is 12. The van der Waals surface area contributed by atoms with E-state index in [1.807, 2.05) is 7.05 Å². The molecule has 0 aliphatic heterocycles. The lowest BCUT2D eigenvalue weighted by Gasteiger charge is -2.31. The maximum atomic E-state index is 5.32. The van der Waals surface area contributed by atoms with E-state index in [9.17, 15) is 0 Å². The Hall–Kier alpha value is -0.160. The zero-order chi connectivity index (χ0) is 13.8. The van der Waals surface area contributed by atoms with Gasteiger partial charge in [0, 0.05) is 19.7 Å². The van der Waals surface area contributed by atoms with Gasteiger partial charge < -0.3 is 15.0 Å². The van der Waals surface area contributed by atoms with E-state index in [1.165, 1.54) is 13.0 Å². The van der Waals surface area contributed by atoms with Gasteiger partial charge in [-0.2, -0.15) is 0 Å². The molecule has 0 spiro atoms. The van der Waals surface area contributed by atoms with Crippen LogP contribution in [0, 0.1) is 0 Å². The van der Waals surface area contributed by atoms with Gasteiger partial charge in [-0.15, -0.1) is 0 Å². The fourth-order valence-electron chi connectivity index (χ4n) is 2.36. The molecule has 0 rings (SSSR count). The SMILES string of the molecule is CCN(CC)CCCN(CC)C(CNC)COC. The van der Waals surface area contributed by atoms with Crippen molar-refractivity contribution in [3.05, 3.63) is 0 Å². The molecule has 0 saturated heterocycles. The third-order valence-electron chi connectivity index (χ3n) is 3.54. The topological polar surface area (TPSA) is 27.7 Å². The van der Waals surface area contributed by atoms with E-state index in [4.69, 9.17) is 4.74 Å². The molecule has 0 heterocycles. The number of ether oxygens (including phenoxy) is 1. The third kappa shape index (κ3) is 7.31. The molecular formula is C14H33N3O. The lowest BCUT2D eigenvalue weighted by atomic mass is 10.2. The van der Waals surface area contributed by atoms with Gasteiger partial charge in [0.25, 0.3) is 0 Å². The van der Waals surface area contributed by atoms with Crippen LogP contribution < -0.4 is 5.32 Å². The second-order valence-corrected chi connectivity index (χ2v) is 4.68. The third-order valence-corrected chi connectivity index (χ3v) is 3.54. The number of likely N-dealkylation sites (N-methyl/N-ethyl adjacent to an activating group) is 2.